The van der Waals surface area contributed by atoms with E-state index in [0.29, 0.717) is 6.54 Å². The summed E-state index contributed by atoms with van der Waals surface area (Å²) in [6.07, 6.45) is 1.62. The third-order valence-corrected chi connectivity index (χ3v) is 3.11. The highest BCUT2D eigenvalue weighted by atomic mass is 16.6. The number of alkyl carbamates (subject to hydrolysis) is 1. The number of hydrogen-bond acceptors (Lipinski definition) is 2. The first-order valence-corrected chi connectivity index (χ1v) is 4.85. The lowest BCUT2D eigenvalue weighted by Crippen LogP contribution is -2.27. The van der Waals surface area contributed by atoms with Crippen molar-refractivity contribution in [3.8, 4) is 0 Å². The Morgan fingerprint density at radius 1 is 1.36 bits per heavy atom. The van der Waals surface area contributed by atoms with E-state index in [9.17, 15) is 4.79 Å². The van der Waals surface area contributed by atoms with Crippen molar-refractivity contribution in [2.75, 3.05) is 6.54 Å². The van der Waals surface area contributed by atoms with Crippen LogP contribution in [-0.4, -0.2) is 12.6 Å². The number of hydrogen-bond donors (Lipinski definition) is 1. The molecule has 72 valence electrons. The Hall–Kier alpha value is -1.51. The quantitative estimate of drug-likeness (QED) is 0.672. The minimum Gasteiger partial charge on any atom is -0.436 e. The van der Waals surface area contributed by atoms with Gasteiger partial charge in [0.05, 0.1) is 6.54 Å². The maximum atomic E-state index is 11.1. The fourth-order valence-electron chi connectivity index (χ4n) is 2.41. The molecule has 1 atom stereocenters. The topological polar surface area (TPSA) is 38.3 Å². The van der Waals surface area contributed by atoms with Crippen LogP contribution in [0.1, 0.15) is 17.5 Å². The smallest absolute Gasteiger partial charge is 0.408 e. The number of aryl methyl sites for hydroxylation is 1. The lowest BCUT2D eigenvalue weighted by Gasteiger charge is -2.21. The van der Waals surface area contributed by atoms with Crippen LogP contribution in [0.25, 0.3) is 0 Å². The Balaban J connectivity index is 2.09. The predicted octanol–water partition coefficient (Wildman–Crippen LogP) is 1.57. The molecule has 2 aliphatic rings. The molecule has 3 nitrogen and oxygen atoms in total. The summed E-state index contributed by atoms with van der Waals surface area (Å²) in [4.78, 5) is 11.1. The SMILES string of the molecule is O=C1NCC2(CCc3ccccc32)O1. The molecule has 1 N–H and O–H groups in total. The second-order valence-corrected chi connectivity index (χ2v) is 3.89. The molecule has 1 aromatic carbocycles. The van der Waals surface area contributed by atoms with Crippen molar-refractivity contribution in [1.29, 1.82) is 0 Å². The van der Waals surface area contributed by atoms with E-state index in [2.05, 4.69) is 17.4 Å². The summed E-state index contributed by atoms with van der Waals surface area (Å²) < 4.78 is 5.39. The Labute approximate surface area is 82.1 Å². The molecule has 1 unspecified atom stereocenters. The molecule has 3 heteroatoms. The molecule has 1 spiro atoms. The maximum absolute atomic E-state index is 11.1. The van der Waals surface area contributed by atoms with Gasteiger partial charge in [-0.25, -0.2) is 4.79 Å². The highest BCUT2D eigenvalue weighted by Gasteiger charge is 2.46. The summed E-state index contributed by atoms with van der Waals surface area (Å²) in [5, 5.41) is 2.73. The van der Waals surface area contributed by atoms with Gasteiger partial charge >= 0.3 is 6.09 Å². The molecule has 3 rings (SSSR count). The van der Waals surface area contributed by atoms with E-state index in [1.807, 2.05) is 12.1 Å². The number of carbonyl (C=O) groups excluding carboxylic acids is 1. The van der Waals surface area contributed by atoms with Crippen LogP contribution in [0.5, 0.6) is 0 Å². The van der Waals surface area contributed by atoms with Crippen LogP contribution in [0, 0.1) is 0 Å². The fourth-order valence-corrected chi connectivity index (χ4v) is 2.41. The lowest BCUT2D eigenvalue weighted by molar-refractivity contribution is 0.0561. The van der Waals surface area contributed by atoms with Crippen LogP contribution in [0.15, 0.2) is 24.3 Å². The number of nitrogens with one attached hydrogen (secondary N) is 1. The predicted molar refractivity (Wildman–Crippen MR) is 50.9 cm³/mol. The van der Waals surface area contributed by atoms with E-state index in [1.165, 1.54) is 11.1 Å². The van der Waals surface area contributed by atoms with Crippen LogP contribution >= 0.6 is 0 Å². The van der Waals surface area contributed by atoms with Crippen LogP contribution < -0.4 is 5.32 Å². The van der Waals surface area contributed by atoms with Gasteiger partial charge in [0, 0.05) is 5.56 Å². The average molecular weight is 189 g/mol. The second-order valence-electron chi connectivity index (χ2n) is 3.89. The van der Waals surface area contributed by atoms with E-state index in [4.69, 9.17) is 4.74 Å². The summed E-state index contributed by atoms with van der Waals surface area (Å²) in [6, 6.07) is 8.19. The number of benzene rings is 1. The van der Waals surface area contributed by atoms with Gasteiger partial charge in [0.25, 0.3) is 0 Å². The first kappa shape index (κ1) is 7.85. The second kappa shape index (κ2) is 2.50. The molecule has 1 saturated heterocycles. The maximum Gasteiger partial charge on any atom is 0.408 e. The highest BCUT2D eigenvalue weighted by Crippen LogP contribution is 2.41. The highest BCUT2D eigenvalue weighted by molar-refractivity contribution is 5.71. The molecule has 14 heavy (non-hydrogen) atoms. The zero-order valence-corrected chi connectivity index (χ0v) is 7.75. The van der Waals surface area contributed by atoms with E-state index >= 15 is 0 Å². The summed E-state index contributed by atoms with van der Waals surface area (Å²) >= 11 is 0. The monoisotopic (exact) mass is 189 g/mol. The Bertz CT molecular complexity index is 402. The molecule has 1 aliphatic carbocycles. The molecular formula is C11H11NO2. The molecule has 1 aliphatic heterocycles. The Morgan fingerprint density at radius 2 is 2.21 bits per heavy atom. The van der Waals surface area contributed by atoms with Crippen molar-refractivity contribution < 1.29 is 9.53 Å². The lowest BCUT2D eigenvalue weighted by atomic mass is 9.96. The summed E-state index contributed by atoms with van der Waals surface area (Å²) in [6.45, 7) is 0.614. The first-order valence-electron chi connectivity index (χ1n) is 4.85. The van der Waals surface area contributed by atoms with Gasteiger partial charge in [-0.15, -0.1) is 0 Å². The van der Waals surface area contributed by atoms with Gasteiger partial charge in [0.1, 0.15) is 0 Å². The standard InChI is InChI=1S/C11H11NO2/c13-10-12-7-11(14-10)6-5-8-3-1-2-4-9(8)11/h1-4H,5-7H2,(H,12,13). The minimum absolute atomic E-state index is 0.290. The van der Waals surface area contributed by atoms with Crippen molar-refractivity contribution in [3.63, 3.8) is 0 Å². The van der Waals surface area contributed by atoms with Gasteiger partial charge in [-0.1, -0.05) is 24.3 Å². The number of fused-ring (bicyclic) bond motifs is 2. The van der Waals surface area contributed by atoms with E-state index in [0.717, 1.165) is 12.8 Å². The van der Waals surface area contributed by atoms with Gasteiger partial charge in [0.2, 0.25) is 0 Å². The number of rotatable bonds is 0. The minimum atomic E-state index is -0.367. The van der Waals surface area contributed by atoms with Crippen LogP contribution in [0.3, 0.4) is 0 Å². The fraction of sp³-hybridized carbons (Fsp3) is 0.364. The van der Waals surface area contributed by atoms with Gasteiger partial charge in [0.15, 0.2) is 5.60 Å². The zero-order chi connectivity index (χ0) is 9.60. The van der Waals surface area contributed by atoms with Crippen molar-refractivity contribution in [1.82, 2.24) is 5.32 Å². The zero-order valence-electron chi connectivity index (χ0n) is 7.75. The number of ether oxygens (including phenoxy) is 1. The van der Waals surface area contributed by atoms with Gasteiger partial charge in [-0.2, -0.15) is 0 Å². The van der Waals surface area contributed by atoms with Crippen molar-refractivity contribution >= 4 is 6.09 Å². The first-order chi connectivity index (χ1) is 6.80. The summed E-state index contributed by atoms with van der Waals surface area (Å²) in [5.74, 6) is 0. The van der Waals surface area contributed by atoms with Gasteiger partial charge < -0.3 is 10.1 Å². The molecule has 0 aromatic heterocycles. The molecule has 0 radical (unpaired) electrons. The Kier molecular flexibility index (Phi) is 1.40. The van der Waals surface area contributed by atoms with E-state index in [1.54, 1.807) is 0 Å². The van der Waals surface area contributed by atoms with Crippen molar-refractivity contribution in [2.24, 2.45) is 0 Å². The third kappa shape index (κ3) is 0.895. The summed E-state index contributed by atoms with van der Waals surface area (Å²) in [7, 11) is 0. The number of amides is 1. The number of carbonyl (C=O) groups is 1. The Morgan fingerprint density at radius 3 is 3.00 bits per heavy atom. The van der Waals surface area contributed by atoms with Gasteiger partial charge in [-0.3, -0.25) is 0 Å². The molecule has 1 amide bonds. The molecule has 0 saturated carbocycles. The van der Waals surface area contributed by atoms with Crippen molar-refractivity contribution in [3.05, 3.63) is 35.4 Å². The molecule has 1 aromatic rings. The largest absolute Gasteiger partial charge is 0.436 e. The van der Waals surface area contributed by atoms with Crippen LogP contribution in [0.4, 0.5) is 4.79 Å². The molecular weight excluding hydrogens is 178 g/mol. The van der Waals surface area contributed by atoms with Crippen LogP contribution in [-0.2, 0) is 16.8 Å². The molecule has 1 fully saturated rings. The molecule has 1 heterocycles. The van der Waals surface area contributed by atoms with E-state index < -0.39 is 0 Å². The normalized spacial score (nSPS) is 28.7. The third-order valence-electron chi connectivity index (χ3n) is 3.11. The molecule has 0 bridgehead atoms. The summed E-state index contributed by atoms with van der Waals surface area (Å²) in [5.41, 5.74) is 2.12. The average Bonchev–Trinajstić information content (AvgIpc) is 2.75. The van der Waals surface area contributed by atoms with Gasteiger partial charge in [-0.05, 0) is 18.4 Å². The van der Waals surface area contributed by atoms with Crippen LogP contribution in [0.2, 0.25) is 0 Å². The van der Waals surface area contributed by atoms with Crippen molar-refractivity contribution in [2.45, 2.75) is 18.4 Å². The van der Waals surface area contributed by atoms with E-state index in [-0.39, 0.29) is 11.7 Å².